The second kappa shape index (κ2) is 10.7. The first-order valence-electron chi connectivity index (χ1n) is 11.4. The van der Waals surface area contributed by atoms with Gasteiger partial charge in [-0.2, -0.15) is 0 Å². The molecule has 1 aliphatic rings. The highest BCUT2D eigenvalue weighted by atomic mass is 79.9. The van der Waals surface area contributed by atoms with Gasteiger partial charge in [0.15, 0.2) is 0 Å². The molecule has 1 aliphatic heterocycles. The molecule has 8 nitrogen and oxygen atoms in total. The van der Waals surface area contributed by atoms with E-state index in [2.05, 4.69) is 26.0 Å². The van der Waals surface area contributed by atoms with Crippen molar-refractivity contribution >= 4 is 62.3 Å². The fraction of sp³-hybridized carbons (Fsp3) is 0.107. The van der Waals surface area contributed by atoms with Crippen LogP contribution < -0.4 is 10.1 Å². The Labute approximate surface area is 230 Å². The van der Waals surface area contributed by atoms with Crippen molar-refractivity contribution in [3.05, 3.63) is 105 Å². The van der Waals surface area contributed by atoms with Gasteiger partial charge in [0.1, 0.15) is 23.8 Å². The van der Waals surface area contributed by atoms with Crippen LogP contribution in [0.25, 0.3) is 16.8 Å². The molecule has 192 valence electrons. The number of carbonyl (C=O) groups is 3. The summed E-state index contributed by atoms with van der Waals surface area (Å²) in [5.74, 6) is -0.537. The van der Waals surface area contributed by atoms with Crippen LogP contribution in [0.2, 0.25) is 5.02 Å². The third-order valence-corrected chi connectivity index (χ3v) is 6.72. The van der Waals surface area contributed by atoms with Gasteiger partial charge in [0, 0.05) is 10.6 Å². The number of benzene rings is 3. The second-order valence-electron chi connectivity index (χ2n) is 8.37. The molecule has 1 fully saturated rings. The number of hydrogen-bond donors (Lipinski definition) is 1. The van der Waals surface area contributed by atoms with Gasteiger partial charge in [-0.1, -0.05) is 54.1 Å². The molecule has 0 bridgehead atoms. The number of urea groups is 1. The van der Waals surface area contributed by atoms with E-state index in [9.17, 15) is 14.4 Å². The topological polar surface area (TPSA) is 98.1 Å². The summed E-state index contributed by atoms with van der Waals surface area (Å²) in [6.07, 6.45) is 1.51. The van der Waals surface area contributed by atoms with E-state index in [-0.39, 0.29) is 30.4 Å². The third kappa shape index (κ3) is 5.16. The fourth-order valence-electron chi connectivity index (χ4n) is 4.11. The molecule has 2 heterocycles. The lowest BCUT2D eigenvalue weighted by Crippen LogP contribution is -2.30. The zero-order valence-corrected chi connectivity index (χ0v) is 22.3. The maximum absolute atomic E-state index is 13.1. The van der Waals surface area contributed by atoms with Crippen LogP contribution in [0.4, 0.5) is 4.79 Å². The summed E-state index contributed by atoms with van der Waals surface area (Å²) in [6.45, 7) is 0.105. The summed E-state index contributed by atoms with van der Waals surface area (Å²) in [5, 5.41) is 5.17. The quantitative estimate of drug-likeness (QED) is 0.153. The van der Waals surface area contributed by atoms with E-state index in [1.807, 2.05) is 42.5 Å². The smallest absolute Gasteiger partial charge is 0.373 e. The molecule has 0 radical (unpaired) electrons. The van der Waals surface area contributed by atoms with Crippen molar-refractivity contribution in [2.24, 2.45) is 0 Å². The molecule has 3 amide bonds. The fourth-order valence-corrected chi connectivity index (χ4v) is 5.06. The van der Waals surface area contributed by atoms with Crippen LogP contribution in [-0.2, 0) is 22.7 Å². The number of esters is 1. The summed E-state index contributed by atoms with van der Waals surface area (Å²) < 4.78 is 16.8. The number of methoxy groups -OCH3 is 1. The lowest BCUT2D eigenvalue weighted by molar-refractivity contribution is -0.123. The molecule has 3 aromatic carbocycles. The van der Waals surface area contributed by atoms with E-state index in [0.717, 1.165) is 21.2 Å². The minimum atomic E-state index is -0.656. The number of imide groups is 1. The van der Waals surface area contributed by atoms with Crippen LogP contribution in [0.3, 0.4) is 0 Å². The van der Waals surface area contributed by atoms with Crippen LogP contribution in [-0.4, -0.2) is 29.9 Å². The normalized spacial score (nSPS) is 14.3. The lowest BCUT2D eigenvalue weighted by atomic mass is 10.1. The monoisotopic (exact) mass is 594 g/mol. The largest absolute Gasteiger partial charge is 0.487 e. The number of carbonyl (C=O) groups excluding carboxylic acids is 3. The van der Waals surface area contributed by atoms with Gasteiger partial charge < -0.3 is 19.2 Å². The van der Waals surface area contributed by atoms with Crippen molar-refractivity contribution in [1.29, 1.82) is 0 Å². The van der Waals surface area contributed by atoms with Gasteiger partial charge in [0.05, 0.1) is 18.1 Å². The SMILES string of the molecule is COC(=O)c1ccc(CN2C(=O)N/C(=C\c3cc(Cl)cc(Br)c3OCc3cccc4ccccc34)C2=O)o1. The average Bonchev–Trinajstić information content (AvgIpc) is 3.48. The van der Waals surface area contributed by atoms with Crippen molar-refractivity contribution < 1.29 is 28.3 Å². The van der Waals surface area contributed by atoms with Crippen LogP contribution in [0.15, 0.2) is 81.3 Å². The number of amides is 3. The average molecular weight is 596 g/mol. The molecule has 0 unspecified atom stereocenters. The summed E-state index contributed by atoms with van der Waals surface area (Å²) in [6, 6.07) is 19.6. The highest BCUT2D eigenvalue weighted by molar-refractivity contribution is 9.10. The van der Waals surface area contributed by atoms with Crippen LogP contribution >= 0.6 is 27.5 Å². The Morgan fingerprint density at radius 2 is 1.89 bits per heavy atom. The van der Waals surface area contributed by atoms with E-state index >= 15 is 0 Å². The number of halogens is 2. The minimum Gasteiger partial charge on any atom is -0.487 e. The van der Waals surface area contributed by atoms with Crippen molar-refractivity contribution in [3.63, 3.8) is 0 Å². The number of nitrogens with one attached hydrogen (secondary N) is 1. The van der Waals surface area contributed by atoms with E-state index < -0.39 is 17.9 Å². The standard InChI is InChI=1S/C28H20BrClN2O6/c1-36-27(34)24-10-9-20(38-24)14-32-26(33)23(31-28(32)35)12-18-11-19(30)13-22(29)25(18)37-15-17-7-4-6-16-5-2-3-8-21(16)17/h2-13H,14-15H2,1H3,(H,31,35)/b23-12-. The Balaban J connectivity index is 1.40. The summed E-state index contributed by atoms with van der Waals surface area (Å²) >= 11 is 9.80. The predicted molar refractivity (Wildman–Crippen MR) is 145 cm³/mol. The maximum Gasteiger partial charge on any atom is 0.373 e. The van der Waals surface area contributed by atoms with E-state index in [1.165, 1.54) is 25.3 Å². The van der Waals surface area contributed by atoms with Crippen LogP contribution in [0, 0.1) is 0 Å². The first kappa shape index (κ1) is 25.6. The Morgan fingerprint density at radius 3 is 2.71 bits per heavy atom. The first-order chi connectivity index (χ1) is 18.3. The first-order valence-corrected chi connectivity index (χ1v) is 12.6. The number of fused-ring (bicyclic) bond motifs is 1. The number of nitrogens with zero attached hydrogens (tertiary/aromatic N) is 1. The molecule has 5 rings (SSSR count). The zero-order chi connectivity index (χ0) is 26.8. The van der Waals surface area contributed by atoms with Gasteiger partial charge in [-0.3, -0.25) is 9.69 Å². The molecule has 1 N–H and O–H groups in total. The second-order valence-corrected chi connectivity index (χ2v) is 9.66. The van der Waals surface area contributed by atoms with E-state index in [1.54, 1.807) is 12.1 Å². The minimum absolute atomic E-state index is 0.0258. The number of rotatable bonds is 7. The van der Waals surface area contributed by atoms with Crippen LogP contribution in [0.1, 0.15) is 27.4 Å². The molecule has 4 aromatic rings. The van der Waals surface area contributed by atoms with E-state index in [4.69, 9.17) is 20.8 Å². The molecule has 1 aromatic heterocycles. The number of hydrogen-bond acceptors (Lipinski definition) is 6. The molecule has 0 spiro atoms. The molecule has 1 saturated heterocycles. The molecule has 10 heteroatoms. The Hall–Kier alpha value is -4.08. The lowest BCUT2D eigenvalue weighted by Gasteiger charge is -2.14. The van der Waals surface area contributed by atoms with Gasteiger partial charge in [0.2, 0.25) is 5.76 Å². The Bertz CT molecular complexity index is 1610. The Kier molecular flexibility index (Phi) is 7.22. The molecule has 0 saturated carbocycles. The van der Waals surface area contributed by atoms with Crippen LogP contribution in [0.5, 0.6) is 5.75 Å². The predicted octanol–water partition coefficient (Wildman–Crippen LogP) is 6.31. The number of ether oxygens (including phenoxy) is 2. The van der Waals surface area contributed by atoms with Crippen molar-refractivity contribution in [1.82, 2.24) is 10.2 Å². The summed E-state index contributed by atoms with van der Waals surface area (Å²) in [5.41, 5.74) is 1.53. The Morgan fingerprint density at radius 1 is 1.11 bits per heavy atom. The van der Waals surface area contributed by atoms with Crippen molar-refractivity contribution in [2.75, 3.05) is 7.11 Å². The van der Waals surface area contributed by atoms with Crippen molar-refractivity contribution in [2.45, 2.75) is 13.2 Å². The molecular formula is C28H20BrClN2O6. The van der Waals surface area contributed by atoms with Crippen molar-refractivity contribution in [3.8, 4) is 5.75 Å². The molecular weight excluding hydrogens is 576 g/mol. The molecule has 0 atom stereocenters. The highest BCUT2D eigenvalue weighted by Crippen LogP contribution is 2.35. The zero-order valence-electron chi connectivity index (χ0n) is 20.0. The van der Waals surface area contributed by atoms with Gasteiger partial charge in [-0.05, 0) is 62.6 Å². The molecule has 38 heavy (non-hydrogen) atoms. The third-order valence-electron chi connectivity index (χ3n) is 5.91. The number of furan rings is 1. The highest BCUT2D eigenvalue weighted by Gasteiger charge is 2.34. The van der Waals surface area contributed by atoms with Gasteiger partial charge >= 0.3 is 12.0 Å². The summed E-state index contributed by atoms with van der Waals surface area (Å²) in [7, 11) is 1.23. The van der Waals surface area contributed by atoms with Gasteiger partial charge in [-0.25, -0.2) is 9.59 Å². The summed E-state index contributed by atoms with van der Waals surface area (Å²) in [4.78, 5) is 38.3. The molecule has 0 aliphatic carbocycles. The van der Waals surface area contributed by atoms with Gasteiger partial charge in [0.25, 0.3) is 5.91 Å². The van der Waals surface area contributed by atoms with Gasteiger partial charge in [-0.15, -0.1) is 0 Å². The van der Waals surface area contributed by atoms with E-state index in [0.29, 0.717) is 20.8 Å². The maximum atomic E-state index is 13.1.